The van der Waals surface area contributed by atoms with Gasteiger partial charge in [-0.15, -0.1) is 0 Å². The first-order valence-electron chi connectivity index (χ1n) is 1.07. The van der Waals surface area contributed by atoms with E-state index in [1.165, 1.54) is 0 Å². The SMILES string of the molecule is [CH3][Sn]([Cl])([Cl])[I]. The third-order valence-electron chi connectivity index (χ3n) is 0. The van der Waals surface area contributed by atoms with Gasteiger partial charge in [0.25, 0.3) is 0 Å². The fourth-order valence-corrected chi connectivity index (χ4v) is 0. The van der Waals surface area contributed by atoms with Gasteiger partial charge in [-0.2, -0.15) is 0 Å². The van der Waals surface area contributed by atoms with Crippen LogP contribution in [0, 0.1) is 0 Å². The van der Waals surface area contributed by atoms with E-state index in [0.717, 1.165) is 0 Å². The number of hydrogen-bond donors (Lipinski definition) is 0. The molecule has 0 saturated heterocycles. The van der Waals surface area contributed by atoms with Crippen LogP contribution in [0.5, 0.6) is 0 Å². The first kappa shape index (κ1) is 7.11. The average Bonchev–Trinajstić information content (AvgIpc) is 0.722. The van der Waals surface area contributed by atoms with Crippen molar-refractivity contribution in [3.05, 3.63) is 0 Å². The third kappa shape index (κ3) is 23.2. The molecule has 0 saturated carbocycles. The average molecular weight is 332 g/mol. The zero-order valence-electron chi connectivity index (χ0n) is 2.63. The van der Waals surface area contributed by atoms with E-state index in [0.29, 0.717) is 0 Å². The standard InChI is InChI=1S/CH3.2ClH.HI.Sn/h1H3;3*1H;/q;;;;+3/p-3. The summed E-state index contributed by atoms with van der Waals surface area (Å²) in [7, 11) is 11.0. The first-order valence-corrected chi connectivity index (χ1v) is 19.5. The maximum absolute atomic E-state index is 5.49. The molecule has 0 nitrogen and oxygen atoms in total. The molecule has 0 radical (unpaired) electrons. The van der Waals surface area contributed by atoms with Gasteiger partial charge in [-0.25, -0.2) is 0 Å². The molecule has 0 heterocycles. The Hall–Kier alpha value is 2.11. The van der Waals surface area contributed by atoms with Gasteiger partial charge in [0.1, 0.15) is 0 Å². The fraction of sp³-hybridized carbons (Fsp3) is 1.00. The van der Waals surface area contributed by atoms with Crippen molar-refractivity contribution in [1.29, 1.82) is 0 Å². The van der Waals surface area contributed by atoms with Crippen molar-refractivity contribution in [3.63, 3.8) is 0 Å². The zero-order chi connectivity index (χ0) is 4.50. The van der Waals surface area contributed by atoms with Crippen LogP contribution in [0.4, 0.5) is 0 Å². The Morgan fingerprint density at radius 1 is 1.60 bits per heavy atom. The molecular formula is CH3Cl2ISn. The Balaban J connectivity index is 3.02. The summed E-state index contributed by atoms with van der Waals surface area (Å²) in [5, 5.41) is 0. The molecule has 0 fully saturated rings. The monoisotopic (exact) mass is 332 g/mol. The summed E-state index contributed by atoms with van der Waals surface area (Å²) in [4.78, 5) is 1.92. The molecule has 0 aliphatic rings. The van der Waals surface area contributed by atoms with Gasteiger partial charge in [-0.05, 0) is 0 Å². The van der Waals surface area contributed by atoms with E-state index in [9.17, 15) is 0 Å². The summed E-state index contributed by atoms with van der Waals surface area (Å²) in [6.07, 6.45) is 0. The Labute approximate surface area is 52.7 Å². The van der Waals surface area contributed by atoms with Crippen LogP contribution in [0.1, 0.15) is 0 Å². The summed E-state index contributed by atoms with van der Waals surface area (Å²) in [5.41, 5.74) is 0. The molecule has 0 aliphatic heterocycles. The molecular weight excluding hydrogens is 329 g/mol. The van der Waals surface area contributed by atoms with Crippen LogP contribution in [0.25, 0.3) is 0 Å². The van der Waals surface area contributed by atoms with Crippen molar-refractivity contribution >= 4 is 48.6 Å². The van der Waals surface area contributed by atoms with E-state index in [4.69, 9.17) is 17.8 Å². The predicted octanol–water partition coefficient (Wildman–Crippen LogP) is 2.47. The second kappa shape index (κ2) is 2.42. The van der Waals surface area contributed by atoms with Gasteiger partial charge in [0.05, 0.1) is 0 Å². The normalized spacial score (nSPS) is 12.0. The van der Waals surface area contributed by atoms with Gasteiger partial charge in [0.2, 0.25) is 0 Å². The van der Waals surface area contributed by atoms with Gasteiger partial charge in [-0.1, -0.05) is 0 Å². The summed E-state index contributed by atoms with van der Waals surface area (Å²) >= 11 is -0.147. The van der Waals surface area contributed by atoms with E-state index in [-0.39, 0.29) is 0 Å². The second-order valence-corrected chi connectivity index (χ2v) is 39.7. The topological polar surface area (TPSA) is 0 Å². The van der Waals surface area contributed by atoms with Crippen molar-refractivity contribution in [2.24, 2.45) is 0 Å². The molecule has 0 amide bonds. The molecule has 5 heavy (non-hydrogen) atoms. The van der Waals surface area contributed by atoms with Crippen molar-refractivity contribution < 1.29 is 0 Å². The zero-order valence-corrected chi connectivity index (χ0v) is 9.16. The fourth-order valence-electron chi connectivity index (χ4n) is 0. The Morgan fingerprint density at radius 2 is 1.60 bits per heavy atom. The molecule has 0 aromatic heterocycles. The van der Waals surface area contributed by atoms with Crippen LogP contribution >= 0.6 is 36.5 Å². The van der Waals surface area contributed by atoms with Crippen molar-refractivity contribution in [3.8, 4) is 0 Å². The summed E-state index contributed by atoms with van der Waals surface area (Å²) < 4.78 is 0. The molecule has 0 spiro atoms. The van der Waals surface area contributed by atoms with E-state index < -0.39 is 12.2 Å². The second-order valence-electron chi connectivity index (χ2n) is 0.781. The molecule has 0 rings (SSSR count). The van der Waals surface area contributed by atoms with Crippen LogP contribution in [0.2, 0.25) is 4.94 Å². The maximum atomic E-state index is 5.49. The van der Waals surface area contributed by atoms with Crippen LogP contribution in [0.15, 0.2) is 0 Å². The molecule has 0 aliphatic carbocycles. The minimum absolute atomic E-state index is 1.92. The molecule has 0 aromatic carbocycles. The van der Waals surface area contributed by atoms with E-state index >= 15 is 0 Å². The van der Waals surface area contributed by atoms with E-state index in [2.05, 4.69) is 18.6 Å². The summed E-state index contributed by atoms with van der Waals surface area (Å²) in [6.45, 7) is 0. The first-order chi connectivity index (χ1) is 2.00. The van der Waals surface area contributed by atoms with Gasteiger partial charge < -0.3 is 0 Å². The quantitative estimate of drug-likeness (QED) is 0.472. The van der Waals surface area contributed by atoms with Gasteiger partial charge in [0, 0.05) is 0 Å². The van der Waals surface area contributed by atoms with Gasteiger partial charge in [0.15, 0.2) is 0 Å². The summed E-state index contributed by atoms with van der Waals surface area (Å²) in [5.74, 6) is 0. The van der Waals surface area contributed by atoms with Gasteiger partial charge >= 0.3 is 53.6 Å². The predicted molar refractivity (Wildman–Crippen MR) is 37.3 cm³/mol. The van der Waals surface area contributed by atoms with Crippen LogP contribution < -0.4 is 0 Å². The van der Waals surface area contributed by atoms with Crippen LogP contribution in [-0.4, -0.2) is 12.2 Å². The molecule has 32 valence electrons. The Morgan fingerprint density at radius 3 is 1.60 bits per heavy atom. The third-order valence-corrected chi connectivity index (χ3v) is 0. The minimum atomic E-state index is -2.27. The summed E-state index contributed by atoms with van der Waals surface area (Å²) in [6, 6.07) is 0. The molecule has 0 aromatic rings. The van der Waals surface area contributed by atoms with Crippen LogP contribution in [0.3, 0.4) is 0 Å². The number of halogens is 3. The Kier molecular flexibility index (Phi) is 3.45. The molecule has 4 heteroatoms. The van der Waals surface area contributed by atoms with E-state index in [1.54, 1.807) is 0 Å². The number of rotatable bonds is 0. The van der Waals surface area contributed by atoms with Crippen LogP contribution in [-0.2, 0) is 0 Å². The Bertz CT molecular complexity index is 25.1. The van der Waals surface area contributed by atoms with Crippen molar-refractivity contribution in [2.45, 2.75) is 4.94 Å². The molecule has 0 atom stereocenters. The van der Waals surface area contributed by atoms with E-state index in [1.807, 2.05) is 4.94 Å². The van der Waals surface area contributed by atoms with Gasteiger partial charge in [-0.3, -0.25) is 0 Å². The van der Waals surface area contributed by atoms with Crippen molar-refractivity contribution in [1.82, 2.24) is 0 Å². The molecule has 0 unspecified atom stereocenters. The molecule has 0 N–H and O–H groups in total. The van der Waals surface area contributed by atoms with Crippen molar-refractivity contribution in [2.75, 3.05) is 0 Å². The number of hydrogen-bond acceptors (Lipinski definition) is 0. The molecule has 0 bridgehead atoms.